The van der Waals surface area contributed by atoms with Crippen LogP contribution in [0.3, 0.4) is 0 Å². The van der Waals surface area contributed by atoms with Gasteiger partial charge in [0.25, 0.3) is 0 Å². The summed E-state index contributed by atoms with van der Waals surface area (Å²) >= 11 is 0. The first-order valence-corrected chi connectivity index (χ1v) is 10.8. The van der Waals surface area contributed by atoms with Gasteiger partial charge in [-0.2, -0.15) is 4.31 Å². The molecule has 1 aromatic rings. The summed E-state index contributed by atoms with van der Waals surface area (Å²) in [6, 6.07) is 2.45. The van der Waals surface area contributed by atoms with Crippen molar-refractivity contribution >= 4 is 15.9 Å². The highest BCUT2D eigenvalue weighted by Gasteiger charge is 2.34. The molecule has 1 aliphatic heterocycles. The predicted molar refractivity (Wildman–Crippen MR) is 99.5 cm³/mol. The summed E-state index contributed by atoms with van der Waals surface area (Å²) in [6.45, 7) is 6.44. The van der Waals surface area contributed by atoms with E-state index in [0.717, 1.165) is 29.3 Å². The van der Waals surface area contributed by atoms with E-state index in [2.05, 4.69) is 19.2 Å². The monoisotopic (exact) mass is 402 g/mol. The van der Waals surface area contributed by atoms with Crippen LogP contribution in [0.15, 0.2) is 23.1 Å². The van der Waals surface area contributed by atoms with Crippen LogP contribution in [0.1, 0.15) is 46.5 Å². The van der Waals surface area contributed by atoms with Crippen LogP contribution < -0.4 is 5.32 Å². The third kappa shape index (κ3) is 5.72. The molecule has 2 rings (SSSR count). The van der Waals surface area contributed by atoms with Gasteiger partial charge in [-0.05, 0) is 56.7 Å². The average Bonchev–Trinajstić information content (AvgIpc) is 2.62. The third-order valence-electron chi connectivity index (χ3n) is 4.90. The number of halogens is 2. The van der Waals surface area contributed by atoms with Crippen molar-refractivity contribution in [3.63, 3.8) is 0 Å². The summed E-state index contributed by atoms with van der Waals surface area (Å²) < 4.78 is 53.5. The first-order valence-electron chi connectivity index (χ1n) is 9.37. The molecule has 1 amide bonds. The summed E-state index contributed by atoms with van der Waals surface area (Å²) in [5.74, 6) is -1.55. The number of piperidine rings is 1. The molecule has 1 heterocycles. The highest BCUT2D eigenvalue weighted by atomic mass is 32.2. The van der Waals surface area contributed by atoms with E-state index in [-0.39, 0.29) is 31.0 Å². The highest BCUT2D eigenvalue weighted by Crippen LogP contribution is 2.26. The molecule has 8 heteroatoms. The van der Waals surface area contributed by atoms with E-state index in [1.165, 1.54) is 0 Å². The fraction of sp³-hybridized carbons (Fsp3) is 0.632. The van der Waals surface area contributed by atoms with Crippen molar-refractivity contribution in [2.24, 2.45) is 11.8 Å². The van der Waals surface area contributed by atoms with Crippen molar-refractivity contribution in [2.45, 2.75) is 57.4 Å². The Hall–Kier alpha value is -1.54. The molecule has 1 N–H and O–H groups in total. The van der Waals surface area contributed by atoms with Crippen LogP contribution in [0.25, 0.3) is 0 Å². The van der Waals surface area contributed by atoms with Gasteiger partial charge < -0.3 is 5.32 Å². The molecule has 1 aliphatic rings. The normalized spacial score (nSPS) is 17.9. The number of rotatable bonds is 7. The molecular weight excluding hydrogens is 374 g/mol. The highest BCUT2D eigenvalue weighted by molar-refractivity contribution is 7.89. The van der Waals surface area contributed by atoms with Gasteiger partial charge in [0.15, 0.2) is 0 Å². The molecule has 0 saturated carbocycles. The molecule has 5 nitrogen and oxygen atoms in total. The second-order valence-electron chi connectivity index (χ2n) is 7.63. The molecule has 0 radical (unpaired) electrons. The van der Waals surface area contributed by atoms with E-state index in [4.69, 9.17) is 0 Å². The Balaban J connectivity index is 1.94. The van der Waals surface area contributed by atoms with Gasteiger partial charge >= 0.3 is 0 Å². The van der Waals surface area contributed by atoms with Gasteiger partial charge in [-0.3, -0.25) is 4.79 Å². The van der Waals surface area contributed by atoms with Crippen LogP contribution in [-0.2, 0) is 14.8 Å². The van der Waals surface area contributed by atoms with E-state index in [1.54, 1.807) is 0 Å². The van der Waals surface area contributed by atoms with E-state index in [9.17, 15) is 22.0 Å². The fourth-order valence-electron chi connectivity index (χ4n) is 3.19. The number of sulfonamides is 1. The molecule has 152 valence electrons. The molecule has 0 spiro atoms. The SMILES string of the molecule is CC(C)CC[C@H](C)NC(=O)C1CCN(S(=O)(=O)c2cc(F)ccc2F)CC1. The van der Waals surface area contributed by atoms with Crippen molar-refractivity contribution in [2.75, 3.05) is 13.1 Å². The van der Waals surface area contributed by atoms with Gasteiger partial charge in [0, 0.05) is 25.0 Å². The van der Waals surface area contributed by atoms with Crippen molar-refractivity contribution in [1.29, 1.82) is 0 Å². The second kappa shape index (κ2) is 9.10. The summed E-state index contributed by atoms with van der Waals surface area (Å²) in [4.78, 5) is 11.7. The molecule has 27 heavy (non-hydrogen) atoms. The Morgan fingerprint density at radius 2 is 1.81 bits per heavy atom. The third-order valence-corrected chi connectivity index (χ3v) is 6.82. The van der Waals surface area contributed by atoms with Crippen LogP contribution in [0, 0.1) is 23.5 Å². The molecule has 1 fully saturated rings. The number of hydrogen-bond donors (Lipinski definition) is 1. The fourth-order valence-corrected chi connectivity index (χ4v) is 4.73. The minimum Gasteiger partial charge on any atom is -0.353 e. The van der Waals surface area contributed by atoms with Crippen LogP contribution >= 0.6 is 0 Å². The number of amides is 1. The lowest BCUT2D eigenvalue weighted by Crippen LogP contribution is -2.45. The number of carbonyl (C=O) groups excluding carboxylic acids is 1. The van der Waals surface area contributed by atoms with Gasteiger partial charge in [-0.25, -0.2) is 17.2 Å². The van der Waals surface area contributed by atoms with Gasteiger partial charge in [-0.15, -0.1) is 0 Å². The predicted octanol–water partition coefficient (Wildman–Crippen LogP) is 3.31. The molecule has 1 saturated heterocycles. The van der Waals surface area contributed by atoms with E-state index in [0.29, 0.717) is 24.8 Å². The number of nitrogens with zero attached hydrogens (tertiary/aromatic N) is 1. The first-order chi connectivity index (χ1) is 12.6. The molecule has 0 bridgehead atoms. The Labute approximate surface area is 160 Å². The van der Waals surface area contributed by atoms with Gasteiger partial charge in [0.05, 0.1) is 0 Å². The first kappa shape index (κ1) is 21.8. The Morgan fingerprint density at radius 3 is 2.41 bits per heavy atom. The minimum absolute atomic E-state index is 0.0692. The van der Waals surface area contributed by atoms with Crippen LogP contribution in [0.2, 0.25) is 0 Å². The maximum absolute atomic E-state index is 13.9. The number of hydrogen-bond acceptors (Lipinski definition) is 3. The summed E-state index contributed by atoms with van der Waals surface area (Å²) in [6.07, 6.45) is 2.64. The average molecular weight is 403 g/mol. The van der Waals surface area contributed by atoms with E-state index >= 15 is 0 Å². The minimum atomic E-state index is -4.12. The molecule has 0 aliphatic carbocycles. The lowest BCUT2D eigenvalue weighted by Gasteiger charge is -2.31. The van der Waals surface area contributed by atoms with Gasteiger partial charge in [-0.1, -0.05) is 13.8 Å². The Bertz CT molecular complexity index is 760. The Kier molecular flexibility index (Phi) is 7.33. The molecular formula is C19H28F2N2O3S. The summed E-state index contributed by atoms with van der Waals surface area (Å²) in [5.41, 5.74) is 0. The molecule has 1 atom stereocenters. The molecule has 1 aromatic carbocycles. The summed E-state index contributed by atoms with van der Waals surface area (Å²) in [5, 5.41) is 2.99. The molecule has 0 unspecified atom stereocenters. The quantitative estimate of drug-likeness (QED) is 0.761. The topological polar surface area (TPSA) is 66.5 Å². The smallest absolute Gasteiger partial charge is 0.246 e. The van der Waals surface area contributed by atoms with Crippen LogP contribution in [0.4, 0.5) is 8.78 Å². The number of carbonyl (C=O) groups is 1. The lowest BCUT2D eigenvalue weighted by atomic mass is 9.96. The summed E-state index contributed by atoms with van der Waals surface area (Å²) in [7, 11) is -4.12. The lowest BCUT2D eigenvalue weighted by molar-refractivity contribution is -0.126. The van der Waals surface area contributed by atoms with Crippen molar-refractivity contribution < 1.29 is 22.0 Å². The van der Waals surface area contributed by atoms with Gasteiger partial charge in [0.2, 0.25) is 15.9 Å². The maximum Gasteiger partial charge on any atom is 0.246 e. The molecule has 0 aromatic heterocycles. The van der Waals surface area contributed by atoms with Crippen molar-refractivity contribution in [1.82, 2.24) is 9.62 Å². The number of nitrogens with one attached hydrogen (secondary N) is 1. The standard InChI is InChI=1S/C19H28F2N2O3S/c1-13(2)4-5-14(3)22-19(24)15-8-10-23(11-9-15)27(25,26)18-12-16(20)6-7-17(18)21/h6-7,12-15H,4-5,8-11H2,1-3H3,(H,22,24)/t14-/m0/s1. The van der Waals surface area contributed by atoms with Crippen molar-refractivity contribution in [3.8, 4) is 0 Å². The van der Waals surface area contributed by atoms with Crippen LogP contribution in [0.5, 0.6) is 0 Å². The zero-order chi connectivity index (χ0) is 20.2. The van der Waals surface area contributed by atoms with E-state index in [1.807, 2.05) is 6.92 Å². The van der Waals surface area contributed by atoms with E-state index < -0.39 is 26.6 Å². The maximum atomic E-state index is 13.9. The van der Waals surface area contributed by atoms with Crippen molar-refractivity contribution in [3.05, 3.63) is 29.8 Å². The Morgan fingerprint density at radius 1 is 1.19 bits per heavy atom. The number of benzene rings is 1. The van der Waals surface area contributed by atoms with Crippen LogP contribution in [-0.4, -0.2) is 37.8 Å². The zero-order valence-electron chi connectivity index (χ0n) is 16.0. The van der Waals surface area contributed by atoms with Gasteiger partial charge in [0.1, 0.15) is 16.5 Å². The zero-order valence-corrected chi connectivity index (χ0v) is 16.9. The second-order valence-corrected chi connectivity index (χ2v) is 9.54. The largest absolute Gasteiger partial charge is 0.353 e.